The maximum Gasteiger partial charge on any atom is 0.274 e. The fourth-order valence-electron chi connectivity index (χ4n) is 3.14. The molecule has 2 aromatic rings. The van der Waals surface area contributed by atoms with Gasteiger partial charge in [-0.2, -0.15) is 0 Å². The van der Waals surface area contributed by atoms with Crippen molar-refractivity contribution >= 4 is 11.8 Å². The fraction of sp³-hybridized carbons (Fsp3) is 0.400. The number of amides is 2. The molecule has 0 atom stereocenters. The second kappa shape index (κ2) is 9.12. The van der Waals surface area contributed by atoms with Gasteiger partial charge in [-0.15, -0.1) is 0 Å². The number of ether oxygens (including phenoxy) is 1. The largest absolute Gasteiger partial charge is 0.497 e. The summed E-state index contributed by atoms with van der Waals surface area (Å²) in [5, 5.41) is 0. The van der Waals surface area contributed by atoms with E-state index < -0.39 is 0 Å². The minimum absolute atomic E-state index is 0.125. The highest BCUT2D eigenvalue weighted by molar-refractivity contribution is 5.92. The normalized spacial score (nSPS) is 14.6. The lowest BCUT2D eigenvalue weighted by atomic mass is 10.1. The van der Waals surface area contributed by atoms with Crippen LogP contribution < -0.4 is 4.74 Å². The number of carbonyl (C=O) groups excluding carboxylic acids is 2. The Balaban J connectivity index is 1.51. The molecule has 1 aliphatic rings. The van der Waals surface area contributed by atoms with Crippen LogP contribution >= 0.6 is 0 Å². The van der Waals surface area contributed by atoms with E-state index in [1.165, 1.54) is 12.4 Å². The van der Waals surface area contributed by atoms with Gasteiger partial charge in [0.25, 0.3) is 5.91 Å². The summed E-state index contributed by atoms with van der Waals surface area (Å²) in [4.78, 5) is 36.7. The highest BCUT2D eigenvalue weighted by Gasteiger charge is 2.23. The van der Waals surface area contributed by atoms with Crippen molar-refractivity contribution in [3.8, 4) is 5.75 Å². The molecular weight excluding hydrogens is 344 g/mol. The maximum absolute atomic E-state index is 12.6. The molecule has 0 unspecified atom stereocenters. The van der Waals surface area contributed by atoms with Crippen molar-refractivity contribution in [2.24, 2.45) is 0 Å². The van der Waals surface area contributed by atoms with E-state index in [0.29, 0.717) is 44.7 Å². The molecule has 0 bridgehead atoms. The summed E-state index contributed by atoms with van der Waals surface area (Å²) in [5.74, 6) is 0.806. The van der Waals surface area contributed by atoms with E-state index in [0.717, 1.165) is 17.7 Å². The SMILES string of the molecule is COc1ccc(CCC(=O)N2CCCN(C(=O)c3cnccn3)CC2)cc1. The Hall–Kier alpha value is -2.96. The van der Waals surface area contributed by atoms with Gasteiger partial charge in [-0.05, 0) is 30.5 Å². The van der Waals surface area contributed by atoms with Crippen molar-refractivity contribution in [2.75, 3.05) is 33.3 Å². The van der Waals surface area contributed by atoms with Crippen LogP contribution in [-0.2, 0) is 11.2 Å². The summed E-state index contributed by atoms with van der Waals surface area (Å²) in [7, 11) is 1.64. The number of hydrogen-bond acceptors (Lipinski definition) is 5. The predicted molar refractivity (Wildman–Crippen MR) is 100 cm³/mol. The zero-order chi connectivity index (χ0) is 19.1. The van der Waals surface area contributed by atoms with Crippen LogP contribution in [0.3, 0.4) is 0 Å². The molecule has 7 heteroatoms. The van der Waals surface area contributed by atoms with Crippen LogP contribution in [0.15, 0.2) is 42.9 Å². The molecule has 1 fully saturated rings. The molecule has 7 nitrogen and oxygen atoms in total. The molecule has 2 amide bonds. The Morgan fingerprint density at radius 1 is 1.04 bits per heavy atom. The van der Waals surface area contributed by atoms with Crippen molar-refractivity contribution in [3.05, 3.63) is 54.1 Å². The lowest BCUT2D eigenvalue weighted by Gasteiger charge is -2.22. The number of hydrogen-bond donors (Lipinski definition) is 0. The highest BCUT2D eigenvalue weighted by Crippen LogP contribution is 2.14. The lowest BCUT2D eigenvalue weighted by Crippen LogP contribution is -2.37. The standard InChI is InChI=1S/C20H24N4O3/c1-27-17-6-3-16(4-7-17)5-8-19(25)23-11-2-12-24(14-13-23)20(26)18-15-21-9-10-22-18/h3-4,6-7,9-10,15H,2,5,8,11-14H2,1H3. The Morgan fingerprint density at radius 3 is 2.48 bits per heavy atom. The van der Waals surface area contributed by atoms with Crippen molar-refractivity contribution in [3.63, 3.8) is 0 Å². The molecule has 0 spiro atoms. The molecule has 2 heterocycles. The van der Waals surface area contributed by atoms with Gasteiger partial charge in [0.1, 0.15) is 11.4 Å². The number of rotatable bonds is 5. The van der Waals surface area contributed by atoms with Gasteiger partial charge >= 0.3 is 0 Å². The van der Waals surface area contributed by atoms with E-state index in [4.69, 9.17) is 4.74 Å². The predicted octanol–water partition coefficient (Wildman–Crippen LogP) is 1.79. The van der Waals surface area contributed by atoms with Gasteiger partial charge in [-0.3, -0.25) is 14.6 Å². The van der Waals surface area contributed by atoms with Gasteiger partial charge in [-0.1, -0.05) is 12.1 Å². The van der Waals surface area contributed by atoms with Crippen LogP contribution in [0.25, 0.3) is 0 Å². The van der Waals surface area contributed by atoms with Gasteiger partial charge in [0.05, 0.1) is 13.3 Å². The van der Waals surface area contributed by atoms with E-state index >= 15 is 0 Å². The number of carbonyl (C=O) groups is 2. The first-order valence-corrected chi connectivity index (χ1v) is 9.13. The quantitative estimate of drug-likeness (QED) is 0.804. The number of methoxy groups -OCH3 is 1. The zero-order valence-corrected chi connectivity index (χ0v) is 15.5. The molecule has 27 heavy (non-hydrogen) atoms. The molecule has 0 N–H and O–H groups in total. The van der Waals surface area contributed by atoms with Crippen LogP contribution in [-0.4, -0.2) is 64.9 Å². The van der Waals surface area contributed by atoms with Crippen molar-refractivity contribution in [2.45, 2.75) is 19.3 Å². The minimum atomic E-state index is -0.129. The monoisotopic (exact) mass is 368 g/mol. The van der Waals surface area contributed by atoms with Crippen LogP contribution in [0, 0.1) is 0 Å². The average molecular weight is 368 g/mol. The van der Waals surface area contributed by atoms with Crippen LogP contribution in [0.2, 0.25) is 0 Å². The maximum atomic E-state index is 12.6. The zero-order valence-electron chi connectivity index (χ0n) is 15.5. The first kappa shape index (κ1) is 18.8. The van der Waals surface area contributed by atoms with Gasteiger partial charge in [-0.25, -0.2) is 4.98 Å². The van der Waals surface area contributed by atoms with E-state index in [9.17, 15) is 9.59 Å². The summed E-state index contributed by atoms with van der Waals surface area (Å²) in [6.45, 7) is 2.36. The van der Waals surface area contributed by atoms with E-state index in [1.807, 2.05) is 29.2 Å². The van der Waals surface area contributed by atoms with Crippen LogP contribution in [0.5, 0.6) is 5.75 Å². The van der Waals surface area contributed by atoms with Crippen molar-refractivity contribution < 1.29 is 14.3 Å². The Kier molecular flexibility index (Phi) is 6.35. The second-order valence-electron chi connectivity index (χ2n) is 6.47. The van der Waals surface area contributed by atoms with E-state index in [1.54, 1.807) is 18.2 Å². The van der Waals surface area contributed by atoms with Crippen LogP contribution in [0.4, 0.5) is 0 Å². The van der Waals surface area contributed by atoms with Crippen molar-refractivity contribution in [1.82, 2.24) is 19.8 Å². The summed E-state index contributed by atoms with van der Waals surface area (Å²) < 4.78 is 5.15. The third-order valence-corrected chi connectivity index (χ3v) is 4.70. The van der Waals surface area contributed by atoms with Gasteiger partial charge in [0.2, 0.25) is 5.91 Å². The molecule has 1 aromatic heterocycles. The Morgan fingerprint density at radius 2 is 1.78 bits per heavy atom. The lowest BCUT2D eigenvalue weighted by molar-refractivity contribution is -0.131. The van der Waals surface area contributed by atoms with Crippen molar-refractivity contribution in [1.29, 1.82) is 0 Å². The summed E-state index contributed by atoms with van der Waals surface area (Å²) >= 11 is 0. The van der Waals surface area contributed by atoms with Crippen LogP contribution in [0.1, 0.15) is 28.9 Å². The second-order valence-corrected chi connectivity index (χ2v) is 6.47. The Labute approximate surface area is 159 Å². The minimum Gasteiger partial charge on any atom is -0.497 e. The molecule has 0 aliphatic carbocycles. The first-order chi connectivity index (χ1) is 13.2. The molecule has 0 saturated carbocycles. The smallest absolute Gasteiger partial charge is 0.274 e. The summed E-state index contributed by atoms with van der Waals surface area (Å²) in [6.07, 6.45) is 6.46. The third kappa shape index (κ3) is 5.03. The number of aryl methyl sites for hydroxylation is 1. The van der Waals surface area contributed by atoms with Gasteiger partial charge in [0, 0.05) is 45.0 Å². The summed E-state index contributed by atoms with van der Waals surface area (Å²) in [6, 6.07) is 7.77. The molecule has 1 aromatic carbocycles. The topological polar surface area (TPSA) is 75.6 Å². The average Bonchev–Trinajstić information content (AvgIpc) is 2.99. The molecule has 1 aliphatic heterocycles. The number of aromatic nitrogens is 2. The molecule has 0 radical (unpaired) electrons. The Bertz CT molecular complexity index is 765. The molecule has 142 valence electrons. The number of nitrogens with zero attached hydrogens (tertiary/aromatic N) is 4. The number of benzene rings is 1. The summed E-state index contributed by atoms with van der Waals surface area (Å²) in [5.41, 5.74) is 1.45. The highest BCUT2D eigenvalue weighted by atomic mass is 16.5. The first-order valence-electron chi connectivity index (χ1n) is 9.13. The van der Waals surface area contributed by atoms with Gasteiger partial charge < -0.3 is 14.5 Å². The molecule has 1 saturated heterocycles. The van der Waals surface area contributed by atoms with Gasteiger partial charge in [0.15, 0.2) is 0 Å². The molecular formula is C20H24N4O3. The fourth-order valence-corrected chi connectivity index (χ4v) is 3.14. The molecule has 3 rings (SSSR count). The third-order valence-electron chi connectivity index (χ3n) is 4.70. The van der Waals surface area contributed by atoms with E-state index in [2.05, 4.69) is 9.97 Å². The van der Waals surface area contributed by atoms with E-state index in [-0.39, 0.29) is 11.8 Å².